The molecule has 2 nitrogen and oxygen atoms in total. The Labute approximate surface area is 225 Å². The molecule has 1 N–H and O–H groups in total. The van der Waals surface area contributed by atoms with Gasteiger partial charge in [0.1, 0.15) is 0 Å². The minimum Gasteiger partial charge on any atom is -0.413 e. The van der Waals surface area contributed by atoms with Gasteiger partial charge < -0.3 is 9.53 Å². The average Bonchev–Trinajstić information content (AvgIpc) is 3.14. The van der Waals surface area contributed by atoms with Gasteiger partial charge >= 0.3 is 0 Å². The maximum atomic E-state index is 11.7. The van der Waals surface area contributed by atoms with Crippen LogP contribution in [0.25, 0.3) is 0 Å². The molecule has 5 aliphatic carbocycles. The summed E-state index contributed by atoms with van der Waals surface area (Å²) in [6.07, 6.45) is 21.6. The molecule has 0 aromatic rings. The summed E-state index contributed by atoms with van der Waals surface area (Å²) in [6, 6.07) is 0. The summed E-state index contributed by atoms with van der Waals surface area (Å²) in [5.41, 5.74) is 0.474. The molecule has 0 aromatic carbocycles. The van der Waals surface area contributed by atoms with Gasteiger partial charge in [0.2, 0.25) is 0 Å². The van der Waals surface area contributed by atoms with Crippen LogP contribution in [0, 0.1) is 40.4 Å². The summed E-state index contributed by atoms with van der Waals surface area (Å²) < 4.78 is 7.16. The molecule has 5 aliphatic rings. The fourth-order valence-electron chi connectivity index (χ4n) is 10.2. The standard InChI is InChI=1S/C33H60O2Si/c1-30(2,3)36(6,7)35-29-16-15-27-26-14-13-25-23-33(34,20-17-24-11-9-8-10-12-24)22-21-31(25,4)28(26)18-19-32(27,29)5/h24-29,34H,8-23H2,1-7H3/t25?,26-,27-,28-,29-,31-,32-,33-/m0/s1. The van der Waals surface area contributed by atoms with Crippen molar-refractivity contribution >= 4 is 8.32 Å². The lowest BCUT2D eigenvalue weighted by Crippen LogP contribution is -2.57. The molecule has 5 saturated carbocycles. The maximum absolute atomic E-state index is 11.7. The van der Waals surface area contributed by atoms with E-state index in [2.05, 4.69) is 47.7 Å². The van der Waals surface area contributed by atoms with Gasteiger partial charge in [0, 0.05) is 0 Å². The monoisotopic (exact) mass is 516 g/mol. The molecule has 0 saturated heterocycles. The Kier molecular flexibility index (Phi) is 7.42. The van der Waals surface area contributed by atoms with Crippen molar-refractivity contribution in [1.82, 2.24) is 0 Å². The molecule has 0 radical (unpaired) electrons. The second kappa shape index (κ2) is 9.65. The molecule has 0 spiro atoms. The van der Waals surface area contributed by atoms with Gasteiger partial charge in [-0.25, -0.2) is 0 Å². The van der Waals surface area contributed by atoms with E-state index in [1.807, 2.05) is 0 Å². The first-order valence-electron chi connectivity index (χ1n) is 16.2. The highest BCUT2D eigenvalue weighted by molar-refractivity contribution is 6.74. The molecule has 8 atom stereocenters. The van der Waals surface area contributed by atoms with E-state index in [1.54, 1.807) is 0 Å². The van der Waals surface area contributed by atoms with Crippen molar-refractivity contribution in [3.63, 3.8) is 0 Å². The first-order chi connectivity index (χ1) is 16.8. The van der Waals surface area contributed by atoms with Gasteiger partial charge in [0.25, 0.3) is 0 Å². The predicted molar refractivity (Wildman–Crippen MR) is 155 cm³/mol. The third kappa shape index (κ3) is 4.83. The molecular formula is C33H60O2Si. The van der Waals surface area contributed by atoms with Crippen LogP contribution in [0.2, 0.25) is 18.1 Å². The van der Waals surface area contributed by atoms with E-state index in [0.29, 0.717) is 22.0 Å². The zero-order valence-electron chi connectivity index (χ0n) is 25.1. The van der Waals surface area contributed by atoms with Crippen LogP contribution in [-0.4, -0.2) is 25.1 Å². The zero-order valence-corrected chi connectivity index (χ0v) is 26.1. The second-order valence-corrected chi connectivity index (χ2v) is 21.4. The van der Waals surface area contributed by atoms with Crippen molar-refractivity contribution < 1.29 is 9.53 Å². The van der Waals surface area contributed by atoms with Crippen molar-refractivity contribution in [3.8, 4) is 0 Å². The number of hydrogen-bond acceptors (Lipinski definition) is 2. The van der Waals surface area contributed by atoms with Crippen LogP contribution >= 0.6 is 0 Å². The van der Waals surface area contributed by atoms with E-state index >= 15 is 0 Å². The number of hydrogen-bond donors (Lipinski definition) is 1. The van der Waals surface area contributed by atoms with E-state index in [1.165, 1.54) is 83.5 Å². The predicted octanol–water partition coefficient (Wildman–Crippen LogP) is 9.51. The highest BCUT2D eigenvalue weighted by Crippen LogP contribution is 2.67. The van der Waals surface area contributed by atoms with Crippen LogP contribution in [0.15, 0.2) is 0 Å². The van der Waals surface area contributed by atoms with Crippen molar-refractivity contribution in [2.45, 2.75) is 167 Å². The van der Waals surface area contributed by atoms with Gasteiger partial charge in [-0.2, -0.15) is 0 Å². The fraction of sp³-hybridized carbons (Fsp3) is 1.00. The fourth-order valence-corrected chi connectivity index (χ4v) is 11.6. The average molecular weight is 517 g/mol. The molecular weight excluding hydrogens is 456 g/mol. The summed E-state index contributed by atoms with van der Waals surface area (Å²) >= 11 is 0. The topological polar surface area (TPSA) is 29.5 Å². The molecule has 0 aliphatic heterocycles. The van der Waals surface area contributed by atoms with Crippen molar-refractivity contribution in [1.29, 1.82) is 0 Å². The lowest BCUT2D eigenvalue weighted by Gasteiger charge is -2.62. The highest BCUT2D eigenvalue weighted by atomic mass is 28.4. The third-order valence-corrected chi connectivity index (χ3v) is 18.2. The maximum Gasteiger partial charge on any atom is 0.192 e. The van der Waals surface area contributed by atoms with E-state index in [0.717, 1.165) is 48.9 Å². The quantitative estimate of drug-likeness (QED) is 0.369. The molecule has 5 rings (SSSR count). The Bertz CT molecular complexity index is 781. The Morgan fingerprint density at radius 2 is 1.50 bits per heavy atom. The summed E-state index contributed by atoms with van der Waals surface area (Å²) in [7, 11) is -1.74. The molecule has 36 heavy (non-hydrogen) atoms. The lowest BCUT2D eigenvalue weighted by molar-refractivity contribution is -0.156. The Hall–Kier alpha value is 0.137. The third-order valence-electron chi connectivity index (χ3n) is 13.7. The normalized spacial score (nSPS) is 46.2. The van der Waals surface area contributed by atoms with E-state index in [4.69, 9.17) is 4.43 Å². The second-order valence-electron chi connectivity index (χ2n) is 16.6. The largest absolute Gasteiger partial charge is 0.413 e. The summed E-state index contributed by atoms with van der Waals surface area (Å²) in [6.45, 7) is 17.4. The summed E-state index contributed by atoms with van der Waals surface area (Å²) in [5, 5.41) is 12.0. The molecule has 208 valence electrons. The zero-order chi connectivity index (χ0) is 26.0. The molecule has 0 heterocycles. The van der Waals surface area contributed by atoms with E-state index in [-0.39, 0.29) is 5.60 Å². The van der Waals surface area contributed by atoms with Crippen LogP contribution in [0.1, 0.15) is 137 Å². The van der Waals surface area contributed by atoms with Crippen LogP contribution in [-0.2, 0) is 4.43 Å². The van der Waals surface area contributed by atoms with Gasteiger partial charge in [-0.15, -0.1) is 0 Å². The molecule has 0 bridgehead atoms. The van der Waals surface area contributed by atoms with Crippen LogP contribution in [0.5, 0.6) is 0 Å². The van der Waals surface area contributed by atoms with Gasteiger partial charge in [-0.3, -0.25) is 0 Å². The lowest BCUT2D eigenvalue weighted by atomic mass is 9.44. The minimum atomic E-state index is -1.74. The number of aliphatic hydroxyl groups is 1. The van der Waals surface area contributed by atoms with Gasteiger partial charge in [0.05, 0.1) is 11.7 Å². The minimum absolute atomic E-state index is 0.292. The molecule has 5 fully saturated rings. The summed E-state index contributed by atoms with van der Waals surface area (Å²) in [5.74, 6) is 4.27. The summed E-state index contributed by atoms with van der Waals surface area (Å²) in [4.78, 5) is 0. The Balaban J connectivity index is 1.25. The molecule has 1 unspecified atom stereocenters. The highest BCUT2D eigenvalue weighted by Gasteiger charge is 2.62. The van der Waals surface area contributed by atoms with Crippen LogP contribution in [0.3, 0.4) is 0 Å². The van der Waals surface area contributed by atoms with Crippen molar-refractivity contribution in [2.24, 2.45) is 40.4 Å². The number of rotatable bonds is 5. The van der Waals surface area contributed by atoms with E-state index in [9.17, 15) is 5.11 Å². The van der Waals surface area contributed by atoms with E-state index < -0.39 is 8.32 Å². The number of fused-ring (bicyclic) bond motifs is 5. The molecule has 3 heteroatoms. The van der Waals surface area contributed by atoms with Gasteiger partial charge in [-0.05, 0) is 129 Å². The van der Waals surface area contributed by atoms with Gasteiger partial charge in [0.15, 0.2) is 8.32 Å². The molecule has 0 amide bonds. The SMILES string of the molecule is CC(C)(C)[Si](C)(C)O[C@H]1CC[C@H]2[C@@H]3CCC4C[C@](O)(CCC5CCCCC5)CC[C@]4(C)[C@H]3CC[C@]12C. The Morgan fingerprint density at radius 1 is 0.806 bits per heavy atom. The van der Waals surface area contributed by atoms with Gasteiger partial charge in [-0.1, -0.05) is 66.7 Å². The molecule has 0 aromatic heterocycles. The van der Waals surface area contributed by atoms with Crippen LogP contribution < -0.4 is 0 Å². The van der Waals surface area contributed by atoms with Crippen LogP contribution in [0.4, 0.5) is 0 Å². The smallest absolute Gasteiger partial charge is 0.192 e. The Morgan fingerprint density at radius 3 is 2.19 bits per heavy atom. The van der Waals surface area contributed by atoms with Crippen molar-refractivity contribution in [2.75, 3.05) is 0 Å². The first-order valence-corrected chi connectivity index (χ1v) is 19.1. The first kappa shape index (κ1) is 27.7. The van der Waals surface area contributed by atoms with Crippen molar-refractivity contribution in [3.05, 3.63) is 0 Å².